The number of nitrogens with zero attached hydrogens (tertiary/aromatic N) is 2. The molecule has 4 N–H and O–H groups in total. The molecule has 0 radical (unpaired) electrons. The van der Waals surface area contributed by atoms with Gasteiger partial charge in [0.1, 0.15) is 17.7 Å². The Hall–Kier alpha value is -3.82. The lowest BCUT2D eigenvalue weighted by Gasteiger charge is -2.35. The van der Waals surface area contributed by atoms with Gasteiger partial charge in [-0.3, -0.25) is 4.90 Å². The minimum absolute atomic E-state index is 0.0871. The molecule has 1 aliphatic rings. The molecule has 8 heteroatoms. The first kappa shape index (κ1) is 33.1. The fraction of sp³-hybridized carbons (Fsp3) is 0.333. The van der Waals surface area contributed by atoms with Crippen LogP contribution in [0.15, 0.2) is 97.1 Å². The van der Waals surface area contributed by atoms with E-state index >= 15 is 0 Å². The summed E-state index contributed by atoms with van der Waals surface area (Å²) in [6, 6.07) is 28.1. The molecule has 0 amide bonds. The van der Waals surface area contributed by atoms with Crippen LogP contribution in [0.3, 0.4) is 0 Å². The summed E-state index contributed by atoms with van der Waals surface area (Å²) in [7, 11) is 0. The molecule has 4 aromatic rings. The van der Waals surface area contributed by atoms with E-state index < -0.39 is 0 Å². The van der Waals surface area contributed by atoms with Gasteiger partial charge in [-0.15, -0.1) is 0 Å². The van der Waals surface area contributed by atoms with Crippen LogP contribution in [0.25, 0.3) is 0 Å². The van der Waals surface area contributed by atoms with Crippen molar-refractivity contribution < 1.29 is 23.7 Å². The summed E-state index contributed by atoms with van der Waals surface area (Å²) in [5.74, 6) is -0.738. The Bertz CT molecular complexity index is 1330. The van der Waals surface area contributed by atoms with Crippen LogP contribution >= 0.6 is 0 Å². The molecule has 0 unspecified atom stereocenters. The van der Waals surface area contributed by atoms with E-state index in [-0.39, 0.29) is 29.2 Å². The highest BCUT2D eigenvalue weighted by Crippen LogP contribution is 2.27. The number of phenolic OH excluding ortho intramolecular Hbond substituents is 2. The van der Waals surface area contributed by atoms with Crippen molar-refractivity contribution in [1.82, 2.24) is 9.80 Å². The minimum atomic E-state index is -0.342. The van der Waals surface area contributed by atoms with Crippen LogP contribution in [0.5, 0.6) is 11.5 Å². The molecule has 0 aromatic heterocycles. The molecule has 0 bridgehead atoms. The van der Waals surface area contributed by atoms with Crippen molar-refractivity contribution in [2.24, 2.45) is 5.73 Å². The van der Waals surface area contributed by atoms with Crippen molar-refractivity contribution in [3.63, 3.8) is 0 Å². The first-order chi connectivity index (χ1) is 21.4. The number of piperazine rings is 1. The highest BCUT2D eigenvalue weighted by atomic mass is 19.1. The smallest absolute Gasteiger partial charge is 0.157 e. The van der Waals surface area contributed by atoms with E-state index in [0.717, 1.165) is 62.4 Å². The molecule has 4 aromatic carbocycles. The fourth-order valence-electron chi connectivity index (χ4n) is 5.24. The third-order valence-corrected chi connectivity index (χ3v) is 7.76. The molecule has 234 valence electrons. The Morgan fingerprint density at radius 1 is 0.659 bits per heavy atom. The average molecular weight is 604 g/mol. The Balaban J connectivity index is 0.000000339. The average Bonchev–Trinajstić information content (AvgIpc) is 3.04. The Morgan fingerprint density at radius 2 is 1.23 bits per heavy atom. The maximum atomic E-state index is 13.4. The van der Waals surface area contributed by atoms with Gasteiger partial charge in [0.2, 0.25) is 0 Å². The molecule has 6 nitrogen and oxygen atoms in total. The molecule has 1 fully saturated rings. The maximum Gasteiger partial charge on any atom is 0.157 e. The zero-order chi connectivity index (χ0) is 31.1. The maximum absolute atomic E-state index is 13.4. The summed E-state index contributed by atoms with van der Waals surface area (Å²) in [4.78, 5) is 4.97. The van der Waals surface area contributed by atoms with Gasteiger partial charge in [-0.05, 0) is 91.0 Å². The van der Waals surface area contributed by atoms with Crippen molar-refractivity contribution in [2.45, 2.75) is 25.4 Å². The van der Waals surface area contributed by atoms with E-state index in [9.17, 15) is 8.78 Å². The van der Waals surface area contributed by atoms with Gasteiger partial charge in [-0.25, -0.2) is 8.78 Å². The fourth-order valence-corrected chi connectivity index (χ4v) is 5.24. The normalized spacial score (nSPS) is 13.9. The topological polar surface area (TPSA) is 82.2 Å². The largest absolute Gasteiger partial charge is 0.504 e. The third kappa shape index (κ3) is 10.7. The molecular formula is C36H43F2N3O3. The summed E-state index contributed by atoms with van der Waals surface area (Å²) < 4.78 is 33.0. The molecule has 0 atom stereocenters. The van der Waals surface area contributed by atoms with Crippen molar-refractivity contribution in [3.8, 4) is 11.5 Å². The first-order valence-corrected chi connectivity index (χ1v) is 15.2. The van der Waals surface area contributed by atoms with E-state index in [4.69, 9.17) is 20.7 Å². The first-order valence-electron chi connectivity index (χ1n) is 15.2. The lowest BCUT2D eigenvalue weighted by molar-refractivity contribution is 0.0451. The predicted octanol–water partition coefficient (Wildman–Crippen LogP) is 5.92. The van der Waals surface area contributed by atoms with Crippen LogP contribution < -0.4 is 5.73 Å². The second-order valence-corrected chi connectivity index (χ2v) is 11.0. The van der Waals surface area contributed by atoms with Gasteiger partial charge in [0.15, 0.2) is 11.5 Å². The van der Waals surface area contributed by atoms with Crippen molar-refractivity contribution in [2.75, 3.05) is 52.4 Å². The molecular weight excluding hydrogens is 560 g/mol. The number of ether oxygens (including phenoxy) is 1. The minimum Gasteiger partial charge on any atom is -0.504 e. The van der Waals surface area contributed by atoms with E-state index in [1.807, 2.05) is 0 Å². The van der Waals surface area contributed by atoms with Gasteiger partial charge in [0.05, 0.1) is 6.61 Å². The number of rotatable bonds is 12. The summed E-state index contributed by atoms with van der Waals surface area (Å²) in [6.45, 7) is 7.31. The summed E-state index contributed by atoms with van der Waals surface area (Å²) in [5, 5.41) is 18.0. The van der Waals surface area contributed by atoms with Crippen LogP contribution in [-0.4, -0.2) is 72.4 Å². The number of hydrogen-bond donors (Lipinski definition) is 3. The van der Waals surface area contributed by atoms with Crippen LogP contribution in [0.2, 0.25) is 0 Å². The van der Waals surface area contributed by atoms with Crippen molar-refractivity contribution >= 4 is 0 Å². The number of benzene rings is 4. The Kier molecular flexibility index (Phi) is 13.1. The standard InChI is InChI=1S/C28H32F2N2O.C8H11NO2/c29-26-12-8-24(9-13-26)28(25-10-14-27(30)15-11-25)33-22-21-32-19-17-31(18-20-32)16-4-7-23-5-2-1-3-6-23;9-4-3-6-1-2-7(10)8(11)5-6/h1-3,5-6,8-15,28H,4,7,16-22H2;1-2,5,10-11H,3-4,9H2. The SMILES string of the molecule is Fc1ccc(C(OCCN2CCN(CCCc3ccccc3)CC2)c2ccc(F)cc2)cc1.NCCc1ccc(O)c(O)c1. The monoisotopic (exact) mass is 603 g/mol. The van der Waals surface area contributed by atoms with Crippen molar-refractivity contribution in [1.29, 1.82) is 0 Å². The van der Waals surface area contributed by atoms with Gasteiger partial charge in [0, 0.05) is 32.7 Å². The predicted molar refractivity (Wildman–Crippen MR) is 171 cm³/mol. The summed E-state index contributed by atoms with van der Waals surface area (Å²) >= 11 is 0. The molecule has 44 heavy (non-hydrogen) atoms. The summed E-state index contributed by atoms with van der Waals surface area (Å²) in [5.41, 5.74) is 9.38. The van der Waals surface area contributed by atoms with Crippen molar-refractivity contribution in [3.05, 3.63) is 131 Å². The number of phenols is 2. The molecule has 0 aliphatic carbocycles. The van der Waals surface area contributed by atoms with Gasteiger partial charge < -0.3 is 25.6 Å². The van der Waals surface area contributed by atoms with Crippen LogP contribution in [0.1, 0.15) is 34.8 Å². The number of hydrogen-bond acceptors (Lipinski definition) is 6. The molecule has 1 aliphatic heterocycles. The number of nitrogens with two attached hydrogens (primary N) is 1. The van der Waals surface area contributed by atoms with Gasteiger partial charge in [-0.1, -0.05) is 60.7 Å². The number of aryl methyl sites for hydroxylation is 1. The van der Waals surface area contributed by atoms with E-state index in [2.05, 4.69) is 40.1 Å². The van der Waals surface area contributed by atoms with Gasteiger partial charge in [0.25, 0.3) is 0 Å². The number of halogens is 2. The highest BCUT2D eigenvalue weighted by molar-refractivity contribution is 5.40. The second kappa shape index (κ2) is 17.5. The lowest BCUT2D eigenvalue weighted by atomic mass is 10.0. The quantitative estimate of drug-likeness (QED) is 0.175. The molecule has 1 saturated heterocycles. The summed E-state index contributed by atoms with van der Waals surface area (Å²) in [6.07, 6.45) is 2.69. The van der Waals surface area contributed by atoms with Crippen LogP contribution in [0.4, 0.5) is 8.78 Å². The van der Waals surface area contributed by atoms with Crippen LogP contribution in [-0.2, 0) is 17.6 Å². The van der Waals surface area contributed by atoms with Gasteiger partial charge in [-0.2, -0.15) is 0 Å². The van der Waals surface area contributed by atoms with E-state index in [1.54, 1.807) is 30.3 Å². The Morgan fingerprint density at radius 3 is 1.77 bits per heavy atom. The molecule has 0 spiro atoms. The molecule has 1 heterocycles. The van der Waals surface area contributed by atoms with Gasteiger partial charge >= 0.3 is 0 Å². The zero-order valence-electron chi connectivity index (χ0n) is 25.1. The van der Waals surface area contributed by atoms with Crippen LogP contribution in [0, 0.1) is 11.6 Å². The highest BCUT2D eigenvalue weighted by Gasteiger charge is 2.19. The Labute approximate surface area is 259 Å². The molecule has 0 saturated carbocycles. The number of aromatic hydroxyl groups is 2. The molecule has 5 rings (SSSR count). The van der Waals surface area contributed by atoms with E-state index in [1.165, 1.54) is 48.4 Å². The third-order valence-electron chi connectivity index (χ3n) is 7.76. The lowest BCUT2D eigenvalue weighted by Crippen LogP contribution is -2.47. The zero-order valence-corrected chi connectivity index (χ0v) is 25.1. The second-order valence-electron chi connectivity index (χ2n) is 11.0. The van der Waals surface area contributed by atoms with E-state index in [0.29, 0.717) is 19.6 Å².